The molecule has 0 bridgehead atoms. The SMILES string of the molecule is CC(=O)N[C@@H](CO)C(=O)N[C@@H](CC(=O)O)C(=O)N[C@@H](CCCCN)C(=O)N1CCCC1. The number of aliphatic hydroxyl groups is 1. The molecule has 12 nitrogen and oxygen atoms in total. The van der Waals surface area contributed by atoms with Crippen LogP contribution in [0.1, 0.15) is 45.4 Å². The Kier molecular flexibility index (Phi) is 11.5. The van der Waals surface area contributed by atoms with Crippen molar-refractivity contribution in [1.82, 2.24) is 20.9 Å². The van der Waals surface area contributed by atoms with Crippen LogP contribution < -0.4 is 21.7 Å². The van der Waals surface area contributed by atoms with E-state index in [1.54, 1.807) is 4.90 Å². The van der Waals surface area contributed by atoms with Gasteiger partial charge in [0.2, 0.25) is 23.6 Å². The lowest BCUT2D eigenvalue weighted by Gasteiger charge is -2.26. The number of amides is 4. The summed E-state index contributed by atoms with van der Waals surface area (Å²) in [6.45, 7) is 2.02. The maximum absolute atomic E-state index is 12.8. The Hall–Kier alpha value is -2.73. The van der Waals surface area contributed by atoms with Crippen LogP contribution in [0.4, 0.5) is 0 Å². The molecule has 0 radical (unpaired) electrons. The first-order valence-electron chi connectivity index (χ1n) is 10.4. The molecule has 0 aromatic carbocycles. The number of aliphatic hydroxyl groups excluding tert-OH is 1. The largest absolute Gasteiger partial charge is 0.481 e. The topological polar surface area (TPSA) is 191 Å². The molecule has 1 saturated heterocycles. The molecule has 0 unspecified atom stereocenters. The molecule has 4 amide bonds. The first-order chi connectivity index (χ1) is 14.7. The van der Waals surface area contributed by atoms with Crippen LogP contribution in [0, 0.1) is 0 Å². The van der Waals surface area contributed by atoms with Gasteiger partial charge in [0.15, 0.2) is 0 Å². The van der Waals surface area contributed by atoms with Crippen molar-refractivity contribution >= 4 is 29.6 Å². The summed E-state index contributed by atoms with van der Waals surface area (Å²) in [5.74, 6) is -3.92. The zero-order chi connectivity index (χ0) is 23.4. The molecular formula is C19H33N5O7. The van der Waals surface area contributed by atoms with Crippen molar-refractivity contribution in [1.29, 1.82) is 0 Å². The number of carbonyl (C=O) groups is 5. The smallest absolute Gasteiger partial charge is 0.305 e. The van der Waals surface area contributed by atoms with Gasteiger partial charge in [0.05, 0.1) is 13.0 Å². The molecule has 0 aromatic heterocycles. The minimum absolute atomic E-state index is 0.255. The number of carboxylic acid groups (broad SMARTS) is 1. The van der Waals surface area contributed by atoms with Crippen LogP contribution in [-0.2, 0) is 24.0 Å². The molecule has 12 heteroatoms. The summed E-state index contributed by atoms with van der Waals surface area (Å²) in [7, 11) is 0. The van der Waals surface area contributed by atoms with Crippen LogP contribution in [0.5, 0.6) is 0 Å². The molecule has 0 aliphatic carbocycles. The van der Waals surface area contributed by atoms with Gasteiger partial charge in [-0.2, -0.15) is 0 Å². The standard InChI is InChI=1S/C19H33N5O7/c1-12(26)21-15(11-25)18(30)23-14(10-16(27)28)17(29)22-13(6-2-3-7-20)19(31)24-8-4-5-9-24/h13-15,25H,2-11,20H2,1H3,(H,21,26)(H,22,29)(H,23,30)(H,27,28)/t13-,14-,15-/m0/s1. The van der Waals surface area contributed by atoms with Gasteiger partial charge in [0.1, 0.15) is 18.1 Å². The summed E-state index contributed by atoms with van der Waals surface area (Å²) in [5.41, 5.74) is 5.50. The van der Waals surface area contributed by atoms with E-state index in [0.717, 1.165) is 19.8 Å². The van der Waals surface area contributed by atoms with Crippen molar-refractivity contribution < 1.29 is 34.2 Å². The monoisotopic (exact) mass is 443 g/mol. The fraction of sp³-hybridized carbons (Fsp3) is 0.737. The van der Waals surface area contributed by atoms with Crippen molar-refractivity contribution in [2.75, 3.05) is 26.2 Å². The van der Waals surface area contributed by atoms with Gasteiger partial charge in [-0.05, 0) is 38.6 Å². The average Bonchev–Trinajstić information content (AvgIpc) is 3.24. The maximum Gasteiger partial charge on any atom is 0.305 e. The Balaban J connectivity index is 2.90. The van der Waals surface area contributed by atoms with Crippen molar-refractivity contribution in [2.24, 2.45) is 5.73 Å². The summed E-state index contributed by atoms with van der Waals surface area (Å²) in [4.78, 5) is 61.9. The molecule has 0 spiro atoms. The molecule has 7 N–H and O–H groups in total. The van der Waals surface area contributed by atoms with Gasteiger partial charge in [0.25, 0.3) is 0 Å². The van der Waals surface area contributed by atoms with Crippen molar-refractivity contribution in [2.45, 2.75) is 63.6 Å². The fourth-order valence-corrected chi connectivity index (χ4v) is 3.28. The van der Waals surface area contributed by atoms with E-state index in [1.165, 1.54) is 0 Å². The molecule has 0 aromatic rings. The van der Waals surface area contributed by atoms with E-state index in [0.29, 0.717) is 38.9 Å². The van der Waals surface area contributed by atoms with E-state index in [2.05, 4.69) is 16.0 Å². The summed E-state index contributed by atoms with van der Waals surface area (Å²) >= 11 is 0. The minimum Gasteiger partial charge on any atom is -0.481 e. The van der Waals surface area contributed by atoms with E-state index >= 15 is 0 Å². The Morgan fingerprint density at radius 1 is 0.935 bits per heavy atom. The molecular weight excluding hydrogens is 410 g/mol. The number of nitrogens with zero attached hydrogens (tertiary/aromatic N) is 1. The second-order valence-electron chi connectivity index (χ2n) is 7.47. The molecule has 176 valence electrons. The quantitative estimate of drug-likeness (QED) is 0.171. The number of rotatable bonds is 13. The lowest BCUT2D eigenvalue weighted by molar-refractivity contribution is -0.142. The Morgan fingerprint density at radius 3 is 2.03 bits per heavy atom. The third kappa shape index (κ3) is 9.30. The van der Waals surface area contributed by atoms with Crippen molar-refractivity contribution in [3.8, 4) is 0 Å². The van der Waals surface area contributed by atoms with Crippen LogP contribution in [0.15, 0.2) is 0 Å². The number of unbranched alkanes of at least 4 members (excludes halogenated alkanes) is 1. The summed E-state index contributed by atoms with van der Waals surface area (Å²) in [6.07, 6.45) is 2.59. The number of hydrogen-bond acceptors (Lipinski definition) is 7. The van der Waals surface area contributed by atoms with Crippen LogP contribution in [-0.4, -0.2) is 89.1 Å². The first kappa shape index (κ1) is 26.3. The molecule has 0 saturated carbocycles. The zero-order valence-electron chi connectivity index (χ0n) is 17.8. The lowest BCUT2D eigenvalue weighted by Crippen LogP contribution is -2.57. The number of carbonyl (C=O) groups excluding carboxylic acids is 4. The van der Waals surface area contributed by atoms with Gasteiger partial charge in [-0.3, -0.25) is 24.0 Å². The Labute approximate surface area is 180 Å². The number of carboxylic acids is 1. The fourth-order valence-electron chi connectivity index (χ4n) is 3.28. The van der Waals surface area contributed by atoms with Gasteiger partial charge < -0.3 is 36.8 Å². The first-order valence-corrected chi connectivity index (χ1v) is 10.4. The molecule has 1 aliphatic heterocycles. The van der Waals surface area contributed by atoms with Crippen LogP contribution >= 0.6 is 0 Å². The summed E-state index contributed by atoms with van der Waals surface area (Å²) < 4.78 is 0. The maximum atomic E-state index is 12.8. The van der Waals surface area contributed by atoms with Crippen LogP contribution in [0.3, 0.4) is 0 Å². The highest BCUT2D eigenvalue weighted by Crippen LogP contribution is 2.12. The van der Waals surface area contributed by atoms with Gasteiger partial charge in [-0.25, -0.2) is 0 Å². The van der Waals surface area contributed by atoms with E-state index in [1.807, 2.05) is 0 Å². The van der Waals surface area contributed by atoms with Crippen molar-refractivity contribution in [3.05, 3.63) is 0 Å². The molecule has 3 atom stereocenters. The molecule has 31 heavy (non-hydrogen) atoms. The van der Waals surface area contributed by atoms with Crippen molar-refractivity contribution in [3.63, 3.8) is 0 Å². The van der Waals surface area contributed by atoms with E-state index < -0.39 is 54.8 Å². The number of nitrogens with one attached hydrogen (secondary N) is 3. The molecule has 1 fully saturated rings. The normalized spacial score (nSPS) is 16.2. The Bertz CT molecular complexity index is 652. The molecule has 1 rings (SSSR count). The average molecular weight is 444 g/mol. The second kappa shape index (κ2) is 13.5. The zero-order valence-corrected chi connectivity index (χ0v) is 17.8. The molecule has 1 aliphatic rings. The van der Waals surface area contributed by atoms with Gasteiger partial charge in [0, 0.05) is 20.0 Å². The third-order valence-corrected chi connectivity index (χ3v) is 4.87. The highest BCUT2D eigenvalue weighted by Gasteiger charge is 2.32. The van der Waals surface area contributed by atoms with Gasteiger partial charge in [-0.15, -0.1) is 0 Å². The Morgan fingerprint density at radius 2 is 1.52 bits per heavy atom. The summed E-state index contributed by atoms with van der Waals surface area (Å²) in [6, 6.07) is -3.70. The number of likely N-dealkylation sites (tertiary alicyclic amines) is 1. The van der Waals surface area contributed by atoms with Crippen LogP contribution in [0.2, 0.25) is 0 Å². The predicted octanol–water partition coefficient (Wildman–Crippen LogP) is -2.32. The van der Waals surface area contributed by atoms with Gasteiger partial charge in [-0.1, -0.05) is 0 Å². The highest BCUT2D eigenvalue weighted by atomic mass is 16.4. The molecule has 1 heterocycles. The third-order valence-electron chi connectivity index (χ3n) is 4.87. The van der Waals surface area contributed by atoms with E-state index in [4.69, 9.17) is 10.8 Å². The minimum atomic E-state index is -1.49. The van der Waals surface area contributed by atoms with Crippen LogP contribution in [0.25, 0.3) is 0 Å². The summed E-state index contributed by atoms with van der Waals surface area (Å²) in [5, 5.41) is 25.4. The lowest BCUT2D eigenvalue weighted by atomic mass is 10.1. The van der Waals surface area contributed by atoms with E-state index in [9.17, 15) is 29.1 Å². The number of hydrogen-bond donors (Lipinski definition) is 6. The van der Waals surface area contributed by atoms with Gasteiger partial charge >= 0.3 is 5.97 Å². The van der Waals surface area contributed by atoms with E-state index in [-0.39, 0.29) is 5.91 Å². The number of aliphatic carboxylic acids is 1. The predicted molar refractivity (Wildman–Crippen MR) is 110 cm³/mol. The highest BCUT2D eigenvalue weighted by molar-refractivity contribution is 5.95. The second-order valence-corrected chi connectivity index (χ2v) is 7.47. The number of nitrogens with two attached hydrogens (primary N) is 1.